The summed E-state index contributed by atoms with van der Waals surface area (Å²) in [5.41, 5.74) is 11.9. The van der Waals surface area contributed by atoms with Crippen molar-refractivity contribution in [3.8, 4) is 73.7 Å². The van der Waals surface area contributed by atoms with E-state index in [9.17, 15) is 10.5 Å². The van der Waals surface area contributed by atoms with Gasteiger partial charge in [0.25, 0.3) is 11.8 Å². The van der Waals surface area contributed by atoms with E-state index in [0.717, 1.165) is 66.3 Å². The van der Waals surface area contributed by atoms with Crippen LogP contribution in [0.1, 0.15) is 32.1 Å². The molecule has 10 aromatic rings. The molecule has 0 spiro atoms. The van der Waals surface area contributed by atoms with E-state index in [4.69, 9.17) is 0 Å². The molecule has 0 saturated carbocycles. The third kappa shape index (κ3) is 6.22. The zero-order valence-corrected chi connectivity index (χ0v) is 34.0. The summed E-state index contributed by atoms with van der Waals surface area (Å²) >= 11 is 0. The van der Waals surface area contributed by atoms with Gasteiger partial charge in [0, 0.05) is 33.0 Å². The van der Waals surface area contributed by atoms with Gasteiger partial charge in [0.2, 0.25) is 0 Å². The molecule has 0 bridgehead atoms. The van der Waals surface area contributed by atoms with Crippen molar-refractivity contribution in [2.75, 3.05) is 4.90 Å². The Labute approximate surface area is 367 Å². The van der Waals surface area contributed by atoms with Gasteiger partial charge in [-0.25, -0.2) is 14.9 Å². The van der Waals surface area contributed by atoms with Crippen LogP contribution in [0.4, 0.5) is 5.69 Å². The van der Waals surface area contributed by atoms with Crippen molar-refractivity contribution in [2.24, 2.45) is 0 Å². The fourth-order valence-corrected chi connectivity index (χ4v) is 8.92. The Morgan fingerprint density at radius 1 is 0.406 bits per heavy atom. The number of nitriles is 2. The maximum atomic E-state index is 15.5. The lowest BCUT2D eigenvalue weighted by Crippen LogP contribution is -2.30. The highest BCUT2D eigenvalue weighted by molar-refractivity contribution is 6.37. The van der Waals surface area contributed by atoms with Crippen molar-refractivity contribution in [3.05, 3.63) is 217 Å². The fraction of sp³-hybridized carbons (Fsp3) is 0. The van der Waals surface area contributed by atoms with Crippen molar-refractivity contribution in [2.45, 2.75) is 0 Å². The molecule has 8 nitrogen and oxygen atoms in total. The van der Waals surface area contributed by atoms with E-state index in [2.05, 4.69) is 46.4 Å². The monoisotopic (exact) mass is 820 g/mol. The summed E-state index contributed by atoms with van der Waals surface area (Å²) in [4.78, 5) is 41.2. The van der Waals surface area contributed by atoms with Gasteiger partial charge in [0.15, 0.2) is 0 Å². The quantitative estimate of drug-likeness (QED) is 0.148. The topological polar surface area (TPSA) is 116 Å². The minimum atomic E-state index is -0.435. The van der Waals surface area contributed by atoms with Gasteiger partial charge >= 0.3 is 0 Å². The molecule has 3 aromatic heterocycles. The lowest BCUT2D eigenvalue weighted by Gasteiger charge is -2.24. The van der Waals surface area contributed by atoms with E-state index in [0.29, 0.717) is 39.7 Å². The minimum Gasteiger partial charge on any atom is -0.308 e. The molecule has 0 fully saturated rings. The number of hydrogen-bond donors (Lipinski definition) is 0. The number of anilines is 1. The first kappa shape index (κ1) is 37.7. The number of carbonyl (C=O) groups excluding carboxylic acids is 2. The highest BCUT2D eigenvalue weighted by Crippen LogP contribution is 2.47. The number of aromatic nitrogens is 3. The molecule has 0 N–H and O–H groups in total. The summed E-state index contributed by atoms with van der Waals surface area (Å²) in [6.07, 6.45) is 0. The molecule has 8 heteroatoms. The Kier molecular flexibility index (Phi) is 9.05. The van der Waals surface area contributed by atoms with E-state index >= 15 is 9.59 Å². The zero-order valence-electron chi connectivity index (χ0n) is 34.0. The molecule has 0 radical (unpaired) electrons. The standard InChI is InChI=1S/C56H32N6O2/c57-33-41-19-10-22-48(59-41)38-25-27-50-46(29-38)47-30-39(49-23-11-20-42(34-58)60-49)26-28-51(47)61(50)52-24-12-21-43-53(52)56(64)62(55(43)63)54-44(36-15-6-2-7-16-36)31-40(35-13-4-1-5-14-35)32-45(54)37-17-8-3-9-18-37/h1-32H. The van der Waals surface area contributed by atoms with Crippen molar-refractivity contribution < 1.29 is 9.59 Å². The molecule has 64 heavy (non-hydrogen) atoms. The Balaban J connectivity index is 1.14. The van der Waals surface area contributed by atoms with Gasteiger partial charge < -0.3 is 4.57 Å². The second-order valence-electron chi connectivity index (χ2n) is 15.5. The molecule has 0 atom stereocenters. The third-order valence-electron chi connectivity index (χ3n) is 11.8. The van der Waals surface area contributed by atoms with E-state index in [1.165, 1.54) is 4.90 Å². The van der Waals surface area contributed by atoms with Crippen LogP contribution in [0.2, 0.25) is 0 Å². The van der Waals surface area contributed by atoms with Gasteiger partial charge in [-0.2, -0.15) is 10.5 Å². The number of fused-ring (bicyclic) bond motifs is 4. The van der Waals surface area contributed by atoms with Crippen LogP contribution in [0, 0.1) is 22.7 Å². The van der Waals surface area contributed by atoms with Crippen molar-refractivity contribution in [1.29, 1.82) is 10.5 Å². The zero-order chi connectivity index (χ0) is 43.3. The third-order valence-corrected chi connectivity index (χ3v) is 11.8. The molecule has 11 rings (SSSR count). The number of hydrogen-bond acceptors (Lipinski definition) is 6. The van der Waals surface area contributed by atoms with Crippen LogP contribution in [0.5, 0.6) is 0 Å². The van der Waals surface area contributed by atoms with Gasteiger partial charge in [-0.1, -0.05) is 121 Å². The van der Waals surface area contributed by atoms with Gasteiger partial charge in [-0.3, -0.25) is 9.59 Å². The first-order valence-corrected chi connectivity index (χ1v) is 20.7. The van der Waals surface area contributed by atoms with Crippen LogP contribution in [-0.4, -0.2) is 26.3 Å². The lowest BCUT2D eigenvalue weighted by atomic mass is 9.90. The first-order valence-electron chi connectivity index (χ1n) is 20.7. The number of imide groups is 1. The normalized spacial score (nSPS) is 12.1. The molecular weight excluding hydrogens is 789 g/mol. The maximum absolute atomic E-state index is 15.5. The Morgan fingerprint density at radius 2 is 0.891 bits per heavy atom. The SMILES string of the molecule is N#Cc1cccc(-c2ccc3c(c2)c2cc(-c4cccc(C#N)n4)ccc2n3-c2cccc3c2C(=O)N(c2c(-c4ccccc4)cc(-c4ccccc4)cc2-c2ccccc2)C3=O)n1. The predicted octanol–water partition coefficient (Wildman–Crippen LogP) is 12.5. The second kappa shape index (κ2) is 15.3. The van der Waals surface area contributed by atoms with Crippen molar-refractivity contribution in [1.82, 2.24) is 14.5 Å². The molecule has 0 aliphatic carbocycles. The van der Waals surface area contributed by atoms with Gasteiger partial charge in [-0.15, -0.1) is 0 Å². The molecule has 0 unspecified atom stereocenters. The fourth-order valence-electron chi connectivity index (χ4n) is 8.92. The average molecular weight is 821 g/mol. The van der Waals surface area contributed by atoms with Crippen molar-refractivity contribution >= 4 is 39.3 Å². The number of pyridine rings is 2. The summed E-state index contributed by atoms with van der Waals surface area (Å²) in [7, 11) is 0. The first-order chi connectivity index (χ1) is 31.5. The molecular formula is C56H32N6O2. The van der Waals surface area contributed by atoms with Crippen LogP contribution >= 0.6 is 0 Å². The number of benzene rings is 7. The average Bonchev–Trinajstić information content (AvgIpc) is 3.83. The van der Waals surface area contributed by atoms with E-state index in [1.807, 2.05) is 156 Å². The Bertz CT molecular complexity index is 3450. The van der Waals surface area contributed by atoms with Crippen LogP contribution in [-0.2, 0) is 0 Å². The Hall–Kier alpha value is -9.24. The van der Waals surface area contributed by atoms with E-state index < -0.39 is 11.8 Å². The van der Waals surface area contributed by atoms with Gasteiger partial charge in [0.1, 0.15) is 23.5 Å². The molecule has 1 aliphatic heterocycles. The molecule has 298 valence electrons. The summed E-state index contributed by atoms with van der Waals surface area (Å²) in [5, 5.41) is 21.0. The number of rotatable bonds is 7. The minimum absolute atomic E-state index is 0.288. The maximum Gasteiger partial charge on any atom is 0.268 e. The predicted molar refractivity (Wildman–Crippen MR) is 251 cm³/mol. The highest BCUT2D eigenvalue weighted by atomic mass is 16.2. The summed E-state index contributed by atoms with van der Waals surface area (Å²) in [6, 6.07) is 66.4. The largest absolute Gasteiger partial charge is 0.308 e. The van der Waals surface area contributed by atoms with Crippen LogP contribution in [0.3, 0.4) is 0 Å². The van der Waals surface area contributed by atoms with E-state index in [1.54, 1.807) is 18.2 Å². The summed E-state index contributed by atoms with van der Waals surface area (Å²) in [6.45, 7) is 0. The second-order valence-corrected chi connectivity index (χ2v) is 15.5. The molecule has 4 heterocycles. The van der Waals surface area contributed by atoms with Crippen molar-refractivity contribution in [3.63, 3.8) is 0 Å². The Morgan fingerprint density at radius 3 is 1.39 bits per heavy atom. The van der Waals surface area contributed by atoms with Gasteiger partial charge in [0.05, 0.1) is 44.9 Å². The molecule has 1 aliphatic rings. The lowest BCUT2D eigenvalue weighted by molar-refractivity contribution is 0.0926. The number of carbonyl (C=O) groups is 2. The van der Waals surface area contributed by atoms with Crippen LogP contribution < -0.4 is 4.90 Å². The summed E-state index contributed by atoms with van der Waals surface area (Å²) < 4.78 is 2.04. The molecule has 7 aromatic carbocycles. The molecule has 2 amide bonds. The number of amides is 2. The van der Waals surface area contributed by atoms with Crippen LogP contribution in [0.15, 0.2) is 194 Å². The summed E-state index contributed by atoms with van der Waals surface area (Å²) in [5.74, 6) is -0.850. The van der Waals surface area contributed by atoms with Crippen LogP contribution in [0.25, 0.3) is 83.4 Å². The van der Waals surface area contributed by atoms with E-state index in [-0.39, 0.29) is 5.56 Å². The smallest absolute Gasteiger partial charge is 0.268 e. The van der Waals surface area contributed by atoms with Gasteiger partial charge in [-0.05, 0) is 95.1 Å². The molecule has 0 saturated heterocycles. The highest BCUT2D eigenvalue weighted by Gasteiger charge is 2.42. The number of nitrogens with zero attached hydrogens (tertiary/aromatic N) is 6.